The molecule has 2 aromatic carbocycles. The van der Waals surface area contributed by atoms with Gasteiger partial charge in [0.15, 0.2) is 5.78 Å². The van der Waals surface area contributed by atoms with Gasteiger partial charge >= 0.3 is 0 Å². The van der Waals surface area contributed by atoms with Gasteiger partial charge in [0.2, 0.25) is 0 Å². The number of hydrogen-bond donors (Lipinski definition) is 0. The summed E-state index contributed by atoms with van der Waals surface area (Å²) in [6.45, 7) is 0. The van der Waals surface area contributed by atoms with Crippen molar-refractivity contribution >= 4 is 18.4 Å². The standard InChI is InChI=1S/C17H14O3/c18-11-14(12-19)10-13-6-8-16(9-7-13)17(20)15-4-2-1-3-5-15/h1-9,11-12,14H,10H2. The number of hydrogen-bond acceptors (Lipinski definition) is 3. The largest absolute Gasteiger partial charge is 0.303 e. The Hall–Kier alpha value is -2.55. The molecule has 2 aromatic rings. The minimum absolute atomic E-state index is 0.0422. The molecule has 0 N–H and O–H groups in total. The lowest BCUT2D eigenvalue weighted by atomic mass is 9.98. The van der Waals surface area contributed by atoms with Gasteiger partial charge in [-0.15, -0.1) is 0 Å². The van der Waals surface area contributed by atoms with E-state index in [0.29, 0.717) is 30.1 Å². The zero-order valence-corrected chi connectivity index (χ0v) is 10.9. The molecule has 0 radical (unpaired) electrons. The highest BCUT2D eigenvalue weighted by Gasteiger charge is 2.10. The van der Waals surface area contributed by atoms with Crippen molar-refractivity contribution in [1.82, 2.24) is 0 Å². The maximum absolute atomic E-state index is 12.2. The van der Waals surface area contributed by atoms with Crippen LogP contribution in [0.4, 0.5) is 0 Å². The first-order chi connectivity index (χ1) is 9.74. The lowest BCUT2D eigenvalue weighted by Crippen LogP contribution is -2.07. The average molecular weight is 266 g/mol. The predicted molar refractivity (Wildman–Crippen MR) is 75.6 cm³/mol. The molecule has 0 spiro atoms. The van der Waals surface area contributed by atoms with Gasteiger partial charge in [-0.2, -0.15) is 0 Å². The SMILES string of the molecule is O=CC(C=O)Cc1ccc(C(=O)c2ccccc2)cc1. The summed E-state index contributed by atoms with van der Waals surface area (Å²) < 4.78 is 0. The number of rotatable bonds is 6. The summed E-state index contributed by atoms with van der Waals surface area (Å²) in [5.41, 5.74) is 2.09. The fraction of sp³-hybridized carbons (Fsp3) is 0.118. The summed E-state index contributed by atoms with van der Waals surface area (Å²) in [5.74, 6) is -0.662. The molecule has 0 aromatic heterocycles. The fourth-order valence-electron chi connectivity index (χ4n) is 1.95. The van der Waals surface area contributed by atoms with E-state index in [9.17, 15) is 14.4 Å². The average Bonchev–Trinajstić information content (AvgIpc) is 2.53. The molecule has 0 heterocycles. The van der Waals surface area contributed by atoms with E-state index >= 15 is 0 Å². The van der Waals surface area contributed by atoms with Crippen molar-refractivity contribution in [2.24, 2.45) is 5.92 Å². The molecule has 0 saturated carbocycles. The molecule has 0 unspecified atom stereocenters. The van der Waals surface area contributed by atoms with Gasteiger partial charge < -0.3 is 9.59 Å². The highest BCUT2D eigenvalue weighted by Crippen LogP contribution is 2.12. The third-order valence-electron chi connectivity index (χ3n) is 3.07. The van der Waals surface area contributed by atoms with Gasteiger partial charge in [-0.05, 0) is 12.0 Å². The minimum atomic E-state index is -0.620. The summed E-state index contributed by atoms with van der Waals surface area (Å²) in [6.07, 6.45) is 1.64. The van der Waals surface area contributed by atoms with Crippen LogP contribution in [0.1, 0.15) is 21.5 Å². The predicted octanol–water partition coefficient (Wildman–Crippen LogP) is 2.47. The third kappa shape index (κ3) is 3.26. The molecule has 0 atom stereocenters. The highest BCUT2D eigenvalue weighted by molar-refractivity contribution is 6.08. The maximum atomic E-state index is 12.2. The molecular formula is C17H14O3. The molecule has 0 amide bonds. The molecule has 0 bridgehead atoms. The Labute approximate surface area is 117 Å². The van der Waals surface area contributed by atoms with Crippen molar-refractivity contribution in [3.63, 3.8) is 0 Å². The first-order valence-corrected chi connectivity index (χ1v) is 6.34. The highest BCUT2D eigenvalue weighted by atomic mass is 16.1. The molecular weight excluding hydrogens is 252 g/mol. The van der Waals surface area contributed by atoms with Gasteiger partial charge in [0.05, 0.1) is 5.92 Å². The van der Waals surface area contributed by atoms with E-state index in [1.165, 1.54) is 0 Å². The lowest BCUT2D eigenvalue weighted by Gasteiger charge is -2.05. The van der Waals surface area contributed by atoms with E-state index < -0.39 is 5.92 Å². The van der Waals surface area contributed by atoms with Gasteiger partial charge in [-0.3, -0.25) is 4.79 Å². The van der Waals surface area contributed by atoms with Gasteiger partial charge in [-0.1, -0.05) is 54.6 Å². The first-order valence-electron chi connectivity index (χ1n) is 6.34. The number of benzene rings is 2. The Morgan fingerprint density at radius 2 is 1.40 bits per heavy atom. The monoisotopic (exact) mass is 266 g/mol. The zero-order valence-electron chi connectivity index (χ0n) is 10.9. The van der Waals surface area contributed by atoms with E-state index in [-0.39, 0.29) is 5.78 Å². The molecule has 2 rings (SSSR count). The molecule has 0 aliphatic heterocycles. The van der Waals surface area contributed by atoms with Crippen LogP contribution in [0.25, 0.3) is 0 Å². The van der Waals surface area contributed by atoms with E-state index in [0.717, 1.165) is 5.56 Å². The maximum Gasteiger partial charge on any atom is 0.193 e. The molecule has 0 fully saturated rings. The summed E-state index contributed by atoms with van der Waals surface area (Å²) in [7, 11) is 0. The molecule has 20 heavy (non-hydrogen) atoms. The van der Waals surface area contributed by atoms with Crippen LogP contribution in [-0.4, -0.2) is 18.4 Å². The molecule has 100 valence electrons. The normalized spacial score (nSPS) is 10.2. The second-order valence-corrected chi connectivity index (χ2v) is 4.53. The summed E-state index contributed by atoms with van der Waals surface area (Å²) in [6, 6.07) is 16.0. The van der Waals surface area contributed by atoms with Crippen LogP contribution in [0.5, 0.6) is 0 Å². The van der Waals surface area contributed by atoms with Crippen LogP contribution < -0.4 is 0 Å². The van der Waals surface area contributed by atoms with Gasteiger partial charge in [0, 0.05) is 11.1 Å². The molecule has 0 saturated heterocycles. The second kappa shape index (κ2) is 6.57. The molecule has 0 aliphatic carbocycles. The Balaban J connectivity index is 2.14. The smallest absolute Gasteiger partial charge is 0.193 e. The number of carbonyl (C=O) groups excluding carboxylic acids is 3. The summed E-state index contributed by atoms with van der Waals surface area (Å²) in [5, 5.41) is 0. The van der Waals surface area contributed by atoms with Gasteiger partial charge in [-0.25, -0.2) is 0 Å². The second-order valence-electron chi connectivity index (χ2n) is 4.53. The number of ketones is 1. The first kappa shape index (κ1) is 13.9. The van der Waals surface area contributed by atoms with Crippen molar-refractivity contribution in [2.75, 3.05) is 0 Å². The zero-order chi connectivity index (χ0) is 14.4. The Bertz CT molecular complexity index is 592. The minimum Gasteiger partial charge on any atom is -0.303 e. The van der Waals surface area contributed by atoms with Crippen molar-refractivity contribution < 1.29 is 14.4 Å². The van der Waals surface area contributed by atoms with Crippen molar-refractivity contribution in [1.29, 1.82) is 0 Å². The van der Waals surface area contributed by atoms with Crippen molar-refractivity contribution in [3.8, 4) is 0 Å². The van der Waals surface area contributed by atoms with Crippen LogP contribution in [0.15, 0.2) is 54.6 Å². The van der Waals surface area contributed by atoms with Gasteiger partial charge in [0.25, 0.3) is 0 Å². The topological polar surface area (TPSA) is 51.2 Å². The molecule has 3 nitrogen and oxygen atoms in total. The van der Waals surface area contributed by atoms with Crippen LogP contribution >= 0.6 is 0 Å². The Kier molecular flexibility index (Phi) is 4.56. The third-order valence-corrected chi connectivity index (χ3v) is 3.07. The molecule has 0 aliphatic rings. The van der Waals surface area contributed by atoms with Gasteiger partial charge in [0.1, 0.15) is 12.6 Å². The van der Waals surface area contributed by atoms with E-state index in [4.69, 9.17) is 0 Å². The van der Waals surface area contributed by atoms with Crippen LogP contribution in [0, 0.1) is 5.92 Å². The lowest BCUT2D eigenvalue weighted by molar-refractivity contribution is -0.119. The van der Waals surface area contributed by atoms with Crippen molar-refractivity contribution in [2.45, 2.75) is 6.42 Å². The van der Waals surface area contributed by atoms with E-state index in [1.807, 2.05) is 18.2 Å². The van der Waals surface area contributed by atoms with Crippen molar-refractivity contribution in [3.05, 3.63) is 71.3 Å². The fourth-order valence-corrected chi connectivity index (χ4v) is 1.95. The quantitative estimate of drug-likeness (QED) is 0.458. The Morgan fingerprint density at radius 1 is 0.850 bits per heavy atom. The van der Waals surface area contributed by atoms with Crippen LogP contribution in [-0.2, 0) is 16.0 Å². The summed E-state index contributed by atoms with van der Waals surface area (Å²) in [4.78, 5) is 33.4. The van der Waals surface area contributed by atoms with E-state index in [1.54, 1.807) is 36.4 Å². The number of carbonyl (C=O) groups is 3. The summed E-state index contributed by atoms with van der Waals surface area (Å²) >= 11 is 0. The van der Waals surface area contributed by atoms with E-state index in [2.05, 4.69) is 0 Å². The van der Waals surface area contributed by atoms with Crippen LogP contribution in [0.2, 0.25) is 0 Å². The molecule has 3 heteroatoms. The number of aldehydes is 2. The van der Waals surface area contributed by atoms with Crippen LogP contribution in [0.3, 0.4) is 0 Å². The Morgan fingerprint density at radius 3 is 1.95 bits per heavy atom.